The lowest BCUT2D eigenvalue weighted by Gasteiger charge is -2.15. The van der Waals surface area contributed by atoms with Gasteiger partial charge in [0.1, 0.15) is 24.7 Å². The molecule has 4 aromatic rings. The molecule has 0 atom stereocenters. The second-order valence-corrected chi connectivity index (χ2v) is 11.6. The van der Waals surface area contributed by atoms with Gasteiger partial charge in [-0.1, -0.05) is 25.1 Å². The first-order chi connectivity index (χ1) is 23.5. The van der Waals surface area contributed by atoms with Crippen molar-refractivity contribution in [2.24, 2.45) is 0 Å². The maximum absolute atomic E-state index is 13.8. The van der Waals surface area contributed by atoms with Gasteiger partial charge in [-0.3, -0.25) is 9.69 Å². The quantitative estimate of drug-likeness (QED) is 0.0785. The number of aliphatic carboxylic acids is 4. The Morgan fingerprint density at radius 2 is 1.27 bits per heavy atom. The number of likely N-dealkylation sites (tertiary alicyclic amines) is 1. The van der Waals surface area contributed by atoms with Crippen molar-refractivity contribution < 1.29 is 53.9 Å². The van der Waals surface area contributed by atoms with Crippen molar-refractivity contribution in [3.8, 4) is 21.9 Å². The number of carbonyl (C=O) groups is 5. The third kappa shape index (κ3) is 12.0. The van der Waals surface area contributed by atoms with Crippen LogP contribution in [0.5, 0.6) is 11.5 Å². The number of hydrogen-bond acceptors (Lipinski definition) is 10. The predicted molar refractivity (Wildman–Crippen MR) is 183 cm³/mol. The Morgan fingerprint density at radius 3 is 1.82 bits per heavy atom. The minimum atomic E-state index is -1.82. The van der Waals surface area contributed by atoms with E-state index in [-0.39, 0.29) is 5.78 Å². The smallest absolute Gasteiger partial charge is 0.414 e. The summed E-state index contributed by atoms with van der Waals surface area (Å²) in [6, 6.07) is 23.8. The van der Waals surface area contributed by atoms with E-state index in [2.05, 4.69) is 35.3 Å². The second-order valence-electron chi connectivity index (χ2n) is 10.5. The molecular formula is C35H38N2O11S. The number of benzene rings is 3. The minimum Gasteiger partial charge on any atom is -0.492 e. The molecule has 0 spiro atoms. The van der Waals surface area contributed by atoms with E-state index in [0.29, 0.717) is 18.8 Å². The fourth-order valence-corrected chi connectivity index (χ4v) is 5.95. The lowest BCUT2D eigenvalue weighted by molar-refractivity contribution is -0.159. The molecule has 1 aliphatic rings. The van der Waals surface area contributed by atoms with Crippen molar-refractivity contribution >= 4 is 51.1 Å². The summed E-state index contributed by atoms with van der Waals surface area (Å²) in [5, 5.41) is 33.8. The third-order valence-corrected chi connectivity index (χ3v) is 8.31. The van der Waals surface area contributed by atoms with Gasteiger partial charge in [-0.15, -0.1) is 11.3 Å². The molecule has 5 N–H and O–H groups in total. The highest BCUT2D eigenvalue weighted by atomic mass is 32.1. The average Bonchev–Trinajstić information content (AvgIpc) is 3.76. The summed E-state index contributed by atoms with van der Waals surface area (Å²) in [4.78, 5) is 53.6. The summed E-state index contributed by atoms with van der Waals surface area (Å²) >= 11 is 1.66. The van der Waals surface area contributed by atoms with Gasteiger partial charge in [0.15, 0.2) is 5.78 Å². The molecule has 0 amide bonds. The van der Waals surface area contributed by atoms with Gasteiger partial charge in [-0.05, 0) is 92.6 Å². The van der Waals surface area contributed by atoms with Crippen LogP contribution in [0, 0.1) is 0 Å². The van der Waals surface area contributed by atoms with E-state index < -0.39 is 23.9 Å². The number of nitrogens with zero attached hydrogens (tertiary/aromatic N) is 1. The number of carboxylic acids is 4. The molecule has 0 bridgehead atoms. The second kappa shape index (κ2) is 19.5. The monoisotopic (exact) mass is 694 g/mol. The SMILES string of the molecule is CCNCCOc1ccc(C(=O)c2c(-c3ccc(OCCN4CCCC4)cc3)sc3ccccc23)cc1.O=C(O)C(=O)O.O=C(O)C(=O)O. The van der Waals surface area contributed by atoms with Crippen LogP contribution in [0.25, 0.3) is 20.5 Å². The van der Waals surface area contributed by atoms with Crippen molar-refractivity contribution in [1.82, 2.24) is 10.2 Å². The molecule has 0 saturated carbocycles. The van der Waals surface area contributed by atoms with E-state index in [9.17, 15) is 4.79 Å². The van der Waals surface area contributed by atoms with Crippen molar-refractivity contribution in [2.45, 2.75) is 19.8 Å². The van der Waals surface area contributed by atoms with Gasteiger partial charge in [-0.25, -0.2) is 19.2 Å². The first kappa shape index (κ1) is 38.1. The van der Waals surface area contributed by atoms with Crippen molar-refractivity contribution in [3.63, 3.8) is 0 Å². The summed E-state index contributed by atoms with van der Waals surface area (Å²) in [5.41, 5.74) is 2.44. The first-order valence-electron chi connectivity index (χ1n) is 15.4. The molecule has 0 unspecified atom stereocenters. The van der Waals surface area contributed by atoms with Crippen LogP contribution in [-0.2, 0) is 19.2 Å². The molecule has 260 valence electrons. The zero-order chi connectivity index (χ0) is 35.8. The Kier molecular flexibility index (Phi) is 15.2. The zero-order valence-electron chi connectivity index (χ0n) is 26.8. The lowest BCUT2D eigenvalue weighted by Crippen LogP contribution is -2.25. The van der Waals surface area contributed by atoms with Crippen LogP contribution in [0.15, 0.2) is 72.8 Å². The fraction of sp³-hybridized carbons (Fsp3) is 0.286. The molecule has 0 radical (unpaired) electrons. The van der Waals surface area contributed by atoms with E-state index in [4.69, 9.17) is 49.1 Å². The molecule has 0 aliphatic carbocycles. The normalized spacial score (nSPS) is 12.2. The maximum Gasteiger partial charge on any atom is 0.414 e. The van der Waals surface area contributed by atoms with E-state index in [1.807, 2.05) is 54.6 Å². The Morgan fingerprint density at radius 1 is 0.735 bits per heavy atom. The topological polar surface area (TPSA) is 200 Å². The number of ether oxygens (including phenoxy) is 2. The van der Waals surface area contributed by atoms with Crippen molar-refractivity contribution in [3.05, 3.63) is 83.9 Å². The molecule has 1 fully saturated rings. The number of rotatable bonds is 12. The van der Waals surface area contributed by atoms with Crippen LogP contribution in [0.2, 0.25) is 0 Å². The standard InChI is InChI=1S/C31H34N2O3S.2C2H2O4/c1-2-32-17-21-35-25-13-9-23(10-14-25)30(34)29-27-7-3-4-8-28(27)37-31(29)24-11-15-26(16-12-24)36-22-20-33-18-5-6-19-33;2*3-1(4)2(5)6/h3-4,7-16,32H,2,5-6,17-22H2,1H3;2*(H,3,4)(H,5,6). The fourth-order valence-electron chi connectivity index (χ4n) is 4.74. The molecule has 1 aromatic heterocycles. The molecule has 14 heteroatoms. The highest BCUT2D eigenvalue weighted by Gasteiger charge is 2.21. The summed E-state index contributed by atoms with van der Waals surface area (Å²) in [6.45, 7) is 8.40. The number of carbonyl (C=O) groups excluding carboxylic acids is 1. The van der Waals surface area contributed by atoms with Crippen molar-refractivity contribution in [2.75, 3.05) is 45.9 Å². The first-order valence-corrected chi connectivity index (χ1v) is 16.2. The summed E-state index contributed by atoms with van der Waals surface area (Å²) in [5.74, 6) is -5.64. The summed E-state index contributed by atoms with van der Waals surface area (Å²) in [7, 11) is 0. The number of carboxylic acid groups (broad SMARTS) is 4. The Bertz CT molecular complexity index is 1670. The molecule has 49 heavy (non-hydrogen) atoms. The minimum absolute atomic E-state index is 0.0255. The number of likely N-dealkylation sites (N-methyl/N-ethyl adjacent to an activating group) is 1. The molecule has 3 aromatic carbocycles. The van der Waals surface area contributed by atoms with Gasteiger partial charge < -0.3 is 35.2 Å². The Hall–Kier alpha value is -5.31. The summed E-state index contributed by atoms with van der Waals surface area (Å²) < 4.78 is 12.9. The van der Waals surface area contributed by atoms with Crippen LogP contribution in [0.4, 0.5) is 0 Å². The molecule has 1 saturated heterocycles. The van der Waals surface area contributed by atoms with Crippen LogP contribution in [0.1, 0.15) is 35.7 Å². The zero-order valence-corrected chi connectivity index (χ0v) is 27.6. The van der Waals surface area contributed by atoms with Gasteiger partial charge in [0.2, 0.25) is 0 Å². The number of fused-ring (bicyclic) bond motifs is 1. The average molecular weight is 695 g/mol. The number of nitrogens with one attached hydrogen (secondary N) is 1. The molecule has 1 aliphatic heterocycles. The Labute approximate surface area is 286 Å². The van der Waals surface area contributed by atoms with Crippen LogP contribution < -0.4 is 14.8 Å². The van der Waals surface area contributed by atoms with Gasteiger partial charge >= 0.3 is 23.9 Å². The van der Waals surface area contributed by atoms with Crippen molar-refractivity contribution in [1.29, 1.82) is 0 Å². The van der Waals surface area contributed by atoms with Gasteiger partial charge in [-0.2, -0.15) is 0 Å². The number of thiophene rings is 1. The van der Waals surface area contributed by atoms with E-state index in [0.717, 1.165) is 57.2 Å². The van der Waals surface area contributed by atoms with E-state index in [1.54, 1.807) is 11.3 Å². The van der Waals surface area contributed by atoms with E-state index >= 15 is 0 Å². The third-order valence-electron chi connectivity index (χ3n) is 7.09. The predicted octanol–water partition coefficient (Wildman–Crippen LogP) is 4.57. The summed E-state index contributed by atoms with van der Waals surface area (Å²) in [6.07, 6.45) is 2.58. The highest BCUT2D eigenvalue weighted by molar-refractivity contribution is 7.22. The van der Waals surface area contributed by atoms with Gasteiger partial charge in [0.25, 0.3) is 0 Å². The lowest BCUT2D eigenvalue weighted by atomic mass is 9.97. The number of hydrogen-bond donors (Lipinski definition) is 5. The molecular weight excluding hydrogens is 656 g/mol. The Balaban J connectivity index is 0.000000465. The molecule has 13 nitrogen and oxygen atoms in total. The van der Waals surface area contributed by atoms with Crippen LogP contribution in [-0.4, -0.2) is 101 Å². The maximum atomic E-state index is 13.8. The van der Waals surface area contributed by atoms with Crippen LogP contribution >= 0.6 is 11.3 Å². The molecule has 5 rings (SSSR count). The number of ketones is 1. The largest absolute Gasteiger partial charge is 0.492 e. The molecule has 2 heterocycles. The van der Waals surface area contributed by atoms with Crippen LogP contribution in [0.3, 0.4) is 0 Å². The van der Waals surface area contributed by atoms with Gasteiger partial charge in [0, 0.05) is 39.2 Å². The van der Waals surface area contributed by atoms with E-state index in [1.165, 1.54) is 25.9 Å². The van der Waals surface area contributed by atoms with Gasteiger partial charge in [0.05, 0.1) is 0 Å². The highest BCUT2D eigenvalue weighted by Crippen LogP contribution is 2.40.